The lowest BCUT2D eigenvalue weighted by molar-refractivity contribution is 0.749. The zero-order valence-corrected chi connectivity index (χ0v) is 41.5. The largest absolute Gasteiger partial charge is 0.310 e. The van der Waals surface area contributed by atoms with Crippen LogP contribution in [0.15, 0.2) is 285 Å². The molecule has 16 rings (SSSR count). The highest BCUT2D eigenvalue weighted by Crippen LogP contribution is 2.61. The average Bonchev–Trinajstić information content (AvgIpc) is 4.03. The van der Waals surface area contributed by atoms with E-state index >= 15 is 0 Å². The van der Waals surface area contributed by atoms with Gasteiger partial charge in [-0.25, -0.2) is 0 Å². The van der Waals surface area contributed by atoms with Crippen molar-refractivity contribution >= 4 is 60.7 Å². The molecule has 3 heteroatoms. The van der Waals surface area contributed by atoms with Crippen LogP contribution in [0.2, 0.25) is 0 Å². The fourth-order valence-electron chi connectivity index (χ4n) is 13.4. The molecule has 14 aromatic rings. The van der Waals surface area contributed by atoms with Crippen LogP contribution in [0, 0.1) is 0 Å². The Labute approximate surface area is 441 Å². The first-order valence-electron chi connectivity index (χ1n) is 26.3. The van der Waals surface area contributed by atoms with E-state index in [9.17, 15) is 0 Å². The lowest BCUT2D eigenvalue weighted by atomic mass is 9.65. The molecule has 0 radical (unpaired) electrons. The summed E-state index contributed by atoms with van der Waals surface area (Å²) in [6.07, 6.45) is 0. The van der Waals surface area contributed by atoms with Crippen LogP contribution in [0.3, 0.4) is 0 Å². The van der Waals surface area contributed by atoms with Crippen molar-refractivity contribution in [1.82, 2.24) is 9.13 Å². The summed E-state index contributed by atoms with van der Waals surface area (Å²) in [7, 11) is 0. The minimum Gasteiger partial charge on any atom is -0.310 e. The number of benzene rings is 12. The zero-order valence-electron chi connectivity index (χ0n) is 41.5. The van der Waals surface area contributed by atoms with E-state index in [0.717, 1.165) is 33.9 Å². The van der Waals surface area contributed by atoms with Crippen LogP contribution in [0.4, 0.5) is 17.1 Å². The van der Waals surface area contributed by atoms with Gasteiger partial charge in [0.05, 0.1) is 38.9 Å². The Balaban J connectivity index is 0.898. The van der Waals surface area contributed by atoms with E-state index in [1.807, 2.05) is 0 Å². The zero-order chi connectivity index (χ0) is 49.9. The standard InChI is InChI=1S/C73H47N3/c1-2-20-48(21-3-1)54-24-4-5-25-55(54)58-27-7-13-35-67(58)74(51-41-43-52(44-42-51)75-68-36-14-8-28-59(68)60-29-9-15-37-69(60)75)53-23-18-22-49(46-53)50-40-45-57-56-26-6-11-32-63(56)73(66(57)47-50)64-33-12-17-39-71(64)76-70-38-16-10-30-61(70)62-31-19-34-65(73)72(62)76/h1-47H. The van der Waals surface area contributed by atoms with Gasteiger partial charge in [0.2, 0.25) is 0 Å². The fraction of sp³-hybridized carbons (Fsp3) is 0.0137. The van der Waals surface area contributed by atoms with E-state index < -0.39 is 5.41 Å². The third-order valence-corrected chi connectivity index (χ3v) is 16.5. The van der Waals surface area contributed by atoms with Crippen molar-refractivity contribution in [2.45, 2.75) is 5.41 Å². The van der Waals surface area contributed by atoms with E-state index in [2.05, 4.69) is 299 Å². The molecule has 2 aliphatic rings. The molecule has 1 unspecified atom stereocenters. The van der Waals surface area contributed by atoms with E-state index in [0.29, 0.717) is 0 Å². The Morgan fingerprint density at radius 2 is 0.803 bits per heavy atom. The Kier molecular flexibility index (Phi) is 9.25. The highest BCUT2D eigenvalue weighted by atomic mass is 15.1. The highest BCUT2D eigenvalue weighted by Gasteiger charge is 2.51. The van der Waals surface area contributed by atoms with Gasteiger partial charge in [0, 0.05) is 44.2 Å². The third kappa shape index (κ3) is 5.99. The summed E-state index contributed by atoms with van der Waals surface area (Å²) in [4.78, 5) is 2.46. The van der Waals surface area contributed by atoms with Crippen molar-refractivity contribution in [3.8, 4) is 55.9 Å². The maximum absolute atomic E-state index is 2.52. The highest BCUT2D eigenvalue weighted by molar-refractivity contribution is 6.13. The number of anilines is 3. The summed E-state index contributed by atoms with van der Waals surface area (Å²) >= 11 is 0. The van der Waals surface area contributed by atoms with Gasteiger partial charge in [0.25, 0.3) is 0 Å². The first-order chi connectivity index (χ1) is 37.7. The number of para-hydroxylation sites is 6. The Bertz CT molecular complexity index is 4600. The number of fused-ring (bicyclic) bond motifs is 15. The van der Waals surface area contributed by atoms with Crippen molar-refractivity contribution in [3.05, 3.63) is 307 Å². The fourth-order valence-corrected chi connectivity index (χ4v) is 13.4. The van der Waals surface area contributed by atoms with Crippen LogP contribution in [0.1, 0.15) is 22.3 Å². The molecule has 0 saturated heterocycles. The molecule has 1 spiro atoms. The van der Waals surface area contributed by atoms with Crippen molar-refractivity contribution in [2.24, 2.45) is 0 Å². The molecule has 0 bridgehead atoms. The number of rotatable bonds is 7. The maximum atomic E-state index is 2.52. The first kappa shape index (κ1) is 42.5. The predicted molar refractivity (Wildman–Crippen MR) is 317 cm³/mol. The number of nitrogens with zero attached hydrogens (tertiary/aromatic N) is 3. The smallest absolute Gasteiger partial charge is 0.0754 e. The molecule has 76 heavy (non-hydrogen) atoms. The molecule has 0 saturated carbocycles. The van der Waals surface area contributed by atoms with Crippen molar-refractivity contribution < 1.29 is 0 Å². The summed E-state index contributed by atoms with van der Waals surface area (Å²) in [6, 6.07) is 106. The molecule has 1 atom stereocenters. The van der Waals surface area contributed by atoms with Crippen molar-refractivity contribution in [1.29, 1.82) is 0 Å². The second-order valence-electron chi connectivity index (χ2n) is 20.3. The van der Waals surface area contributed by atoms with Crippen molar-refractivity contribution in [2.75, 3.05) is 4.90 Å². The van der Waals surface area contributed by atoms with Gasteiger partial charge in [0.1, 0.15) is 0 Å². The van der Waals surface area contributed by atoms with Crippen LogP contribution in [-0.4, -0.2) is 9.13 Å². The summed E-state index contributed by atoms with van der Waals surface area (Å²) in [5.41, 5.74) is 24.8. The van der Waals surface area contributed by atoms with E-state index in [1.54, 1.807) is 0 Å². The van der Waals surface area contributed by atoms with Crippen LogP contribution < -0.4 is 4.90 Å². The molecule has 1 aliphatic carbocycles. The Morgan fingerprint density at radius 3 is 1.57 bits per heavy atom. The van der Waals surface area contributed by atoms with E-state index in [-0.39, 0.29) is 0 Å². The van der Waals surface area contributed by atoms with Crippen LogP contribution in [-0.2, 0) is 5.41 Å². The minimum atomic E-state index is -0.546. The molecule has 12 aromatic carbocycles. The van der Waals surface area contributed by atoms with Gasteiger partial charge in [-0.2, -0.15) is 0 Å². The lowest BCUT2D eigenvalue weighted by Crippen LogP contribution is -2.33. The number of aromatic nitrogens is 2. The van der Waals surface area contributed by atoms with Gasteiger partial charge in [-0.05, 0) is 134 Å². The second kappa shape index (κ2) is 16.5. The van der Waals surface area contributed by atoms with Gasteiger partial charge in [-0.1, -0.05) is 212 Å². The predicted octanol–water partition coefficient (Wildman–Crippen LogP) is 19.0. The molecule has 0 N–H and O–H groups in total. The van der Waals surface area contributed by atoms with Gasteiger partial charge in [-0.15, -0.1) is 0 Å². The molecular formula is C73H47N3. The van der Waals surface area contributed by atoms with Gasteiger partial charge in [-0.3, -0.25) is 0 Å². The van der Waals surface area contributed by atoms with E-state index in [4.69, 9.17) is 0 Å². The minimum absolute atomic E-state index is 0.546. The average molecular weight is 966 g/mol. The molecular weight excluding hydrogens is 919 g/mol. The quantitative estimate of drug-likeness (QED) is 0.155. The molecule has 2 aromatic heterocycles. The van der Waals surface area contributed by atoms with Crippen LogP contribution >= 0.6 is 0 Å². The summed E-state index contributed by atoms with van der Waals surface area (Å²) in [6.45, 7) is 0. The Hall–Kier alpha value is -9.96. The monoisotopic (exact) mass is 965 g/mol. The second-order valence-corrected chi connectivity index (χ2v) is 20.3. The molecule has 3 nitrogen and oxygen atoms in total. The van der Waals surface area contributed by atoms with E-state index in [1.165, 1.54) is 105 Å². The van der Waals surface area contributed by atoms with Gasteiger partial charge < -0.3 is 14.0 Å². The number of hydrogen-bond acceptors (Lipinski definition) is 1. The van der Waals surface area contributed by atoms with Crippen LogP contribution in [0.25, 0.3) is 99.5 Å². The van der Waals surface area contributed by atoms with Gasteiger partial charge in [0.15, 0.2) is 0 Å². The molecule has 3 heterocycles. The van der Waals surface area contributed by atoms with Crippen LogP contribution in [0.5, 0.6) is 0 Å². The van der Waals surface area contributed by atoms with Crippen molar-refractivity contribution in [3.63, 3.8) is 0 Å². The summed E-state index contributed by atoms with van der Waals surface area (Å²) in [5, 5.41) is 5.06. The maximum Gasteiger partial charge on any atom is 0.0754 e. The summed E-state index contributed by atoms with van der Waals surface area (Å²) in [5.74, 6) is 0. The summed E-state index contributed by atoms with van der Waals surface area (Å²) < 4.78 is 4.92. The Morgan fingerprint density at radius 1 is 0.276 bits per heavy atom. The number of hydrogen-bond donors (Lipinski definition) is 0. The molecule has 0 fully saturated rings. The molecule has 354 valence electrons. The molecule has 0 amide bonds. The third-order valence-electron chi connectivity index (χ3n) is 16.5. The normalized spacial score (nSPS) is 14.1. The first-order valence-corrected chi connectivity index (χ1v) is 26.3. The van der Waals surface area contributed by atoms with Gasteiger partial charge >= 0.3 is 0 Å². The lowest BCUT2D eigenvalue weighted by Gasteiger charge is -2.39. The SMILES string of the molecule is c1ccc(-c2ccccc2-c2ccccc2N(c2ccc(-n3c4ccccc4c4ccccc43)cc2)c2cccc(-c3ccc4c(c3)C3(c5ccccc5-4)c4ccccc4-n4c5ccccc5c5cccc3c54)c2)cc1. The topological polar surface area (TPSA) is 13.1 Å². The molecule has 1 aliphatic heterocycles.